The van der Waals surface area contributed by atoms with Crippen molar-refractivity contribution in [2.24, 2.45) is 0 Å². The van der Waals surface area contributed by atoms with E-state index in [0.717, 1.165) is 26.1 Å². The highest BCUT2D eigenvalue weighted by Crippen LogP contribution is 2.22. The molecule has 3 rings (SSSR count). The molecule has 6 nitrogen and oxygen atoms in total. The van der Waals surface area contributed by atoms with Crippen LogP contribution in [0.1, 0.15) is 6.42 Å². The molecule has 0 N–H and O–H groups in total. The largest absolute Gasteiger partial charge is 0.472 e. The molecule has 2 aliphatic heterocycles. The van der Waals surface area contributed by atoms with Gasteiger partial charge in [0, 0.05) is 25.6 Å². The first kappa shape index (κ1) is 12.9. The van der Waals surface area contributed by atoms with Crippen LogP contribution in [0.2, 0.25) is 5.15 Å². The molecule has 0 aliphatic carbocycles. The Morgan fingerprint density at radius 2 is 2.05 bits per heavy atom. The molecule has 1 aromatic rings. The molecule has 0 spiro atoms. The lowest BCUT2D eigenvalue weighted by Gasteiger charge is -2.27. The molecule has 0 amide bonds. The Hall–Kier alpha value is -1.11. The van der Waals surface area contributed by atoms with Crippen molar-refractivity contribution in [1.29, 1.82) is 0 Å². The van der Waals surface area contributed by atoms with Gasteiger partial charge in [-0.15, -0.1) is 0 Å². The summed E-state index contributed by atoms with van der Waals surface area (Å²) in [5, 5.41) is 0.394. The average molecular weight is 286 g/mol. The minimum atomic E-state index is 0.0588. The highest BCUT2D eigenvalue weighted by molar-refractivity contribution is 6.29. The molecule has 104 valence electrons. The Labute approximate surface area is 116 Å². The number of hydrogen-bond donors (Lipinski definition) is 0. The van der Waals surface area contributed by atoms with E-state index < -0.39 is 0 Å². The van der Waals surface area contributed by atoms with Crippen molar-refractivity contribution in [3.8, 4) is 5.88 Å². The van der Waals surface area contributed by atoms with Crippen molar-refractivity contribution < 1.29 is 14.2 Å². The lowest BCUT2D eigenvalue weighted by atomic mass is 10.3. The zero-order chi connectivity index (χ0) is 13.1. The van der Waals surface area contributed by atoms with E-state index in [1.54, 1.807) is 6.07 Å². The molecule has 2 fully saturated rings. The number of ether oxygens (including phenoxy) is 3. The van der Waals surface area contributed by atoms with Gasteiger partial charge in [-0.05, 0) is 0 Å². The normalized spacial score (nSPS) is 23.6. The summed E-state index contributed by atoms with van der Waals surface area (Å²) in [6.07, 6.45) is 0.942. The third-order valence-corrected chi connectivity index (χ3v) is 3.32. The number of morpholine rings is 1. The summed E-state index contributed by atoms with van der Waals surface area (Å²) in [4.78, 5) is 10.7. The van der Waals surface area contributed by atoms with Gasteiger partial charge in [-0.25, -0.2) is 4.98 Å². The van der Waals surface area contributed by atoms with Crippen LogP contribution < -0.4 is 9.64 Å². The Kier molecular flexibility index (Phi) is 4.00. The SMILES string of the molecule is Clc1cc(O[C@H]2CCOC2)nc(N2CCOCC2)n1. The molecule has 0 bridgehead atoms. The number of hydrogen-bond acceptors (Lipinski definition) is 6. The summed E-state index contributed by atoms with van der Waals surface area (Å²) >= 11 is 6.03. The fourth-order valence-corrected chi connectivity index (χ4v) is 2.30. The fourth-order valence-electron chi connectivity index (χ4n) is 2.13. The van der Waals surface area contributed by atoms with E-state index >= 15 is 0 Å². The first-order chi connectivity index (χ1) is 9.31. The van der Waals surface area contributed by atoms with Gasteiger partial charge < -0.3 is 19.1 Å². The summed E-state index contributed by atoms with van der Waals surface area (Å²) < 4.78 is 16.4. The second-order valence-corrected chi connectivity index (χ2v) is 4.92. The van der Waals surface area contributed by atoms with Crippen LogP contribution in [0.15, 0.2) is 6.07 Å². The molecular weight excluding hydrogens is 270 g/mol. The van der Waals surface area contributed by atoms with Gasteiger partial charge in [0.25, 0.3) is 0 Å². The molecule has 0 aromatic carbocycles. The number of aromatic nitrogens is 2. The predicted octanol–water partition coefficient (Wildman–Crippen LogP) is 1.13. The molecule has 19 heavy (non-hydrogen) atoms. The predicted molar refractivity (Wildman–Crippen MR) is 69.9 cm³/mol. The standard InChI is InChI=1S/C12H16ClN3O3/c13-10-7-11(19-9-1-4-18-8-9)15-12(14-10)16-2-5-17-6-3-16/h7,9H,1-6,8H2/t9-/m0/s1. The Balaban J connectivity index is 1.74. The third kappa shape index (κ3) is 3.26. The average Bonchev–Trinajstić information content (AvgIpc) is 2.92. The van der Waals surface area contributed by atoms with Gasteiger partial charge in [0.1, 0.15) is 11.3 Å². The van der Waals surface area contributed by atoms with E-state index in [0.29, 0.717) is 36.8 Å². The van der Waals surface area contributed by atoms with Crippen molar-refractivity contribution in [1.82, 2.24) is 9.97 Å². The number of nitrogens with zero attached hydrogens (tertiary/aromatic N) is 3. The van der Waals surface area contributed by atoms with Crippen molar-refractivity contribution in [3.63, 3.8) is 0 Å². The Morgan fingerprint density at radius 1 is 1.21 bits per heavy atom. The van der Waals surface area contributed by atoms with Crippen molar-refractivity contribution in [2.75, 3.05) is 44.4 Å². The van der Waals surface area contributed by atoms with Crippen molar-refractivity contribution in [3.05, 3.63) is 11.2 Å². The summed E-state index contributed by atoms with van der Waals surface area (Å²) in [5.74, 6) is 1.11. The second-order valence-electron chi connectivity index (χ2n) is 4.53. The first-order valence-electron chi connectivity index (χ1n) is 6.43. The van der Waals surface area contributed by atoms with E-state index in [1.165, 1.54) is 0 Å². The van der Waals surface area contributed by atoms with Gasteiger partial charge in [-0.1, -0.05) is 11.6 Å². The van der Waals surface area contributed by atoms with Gasteiger partial charge in [-0.3, -0.25) is 0 Å². The summed E-state index contributed by atoms with van der Waals surface area (Å²) in [6, 6.07) is 1.64. The van der Waals surface area contributed by atoms with Gasteiger partial charge >= 0.3 is 0 Å². The van der Waals surface area contributed by atoms with Gasteiger partial charge in [0.15, 0.2) is 0 Å². The summed E-state index contributed by atoms with van der Waals surface area (Å²) in [6.45, 7) is 4.25. The van der Waals surface area contributed by atoms with E-state index in [4.69, 9.17) is 25.8 Å². The highest BCUT2D eigenvalue weighted by atomic mass is 35.5. The van der Waals surface area contributed by atoms with Gasteiger partial charge in [0.2, 0.25) is 11.8 Å². The topological polar surface area (TPSA) is 56.7 Å². The highest BCUT2D eigenvalue weighted by Gasteiger charge is 2.20. The molecule has 1 atom stereocenters. The van der Waals surface area contributed by atoms with Crippen LogP contribution in [0.3, 0.4) is 0 Å². The molecule has 7 heteroatoms. The second kappa shape index (κ2) is 5.90. The van der Waals surface area contributed by atoms with Gasteiger partial charge in [-0.2, -0.15) is 4.98 Å². The lowest BCUT2D eigenvalue weighted by Crippen LogP contribution is -2.37. The van der Waals surface area contributed by atoms with Crippen LogP contribution in [-0.2, 0) is 9.47 Å². The Morgan fingerprint density at radius 3 is 2.79 bits per heavy atom. The van der Waals surface area contributed by atoms with Crippen LogP contribution in [-0.4, -0.2) is 55.6 Å². The third-order valence-electron chi connectivity index (χ3n) is 3.13. The van der Waals surface area contributed by atoms with Crippen LogP contribution in [0, 0.1) is 0 Å². The maximum absolute atomic E-state index is 6.03. The fraction of sp³-hybridized carbons (Fsp3) is 0.667. The Bertz CT molecular complexity index is 434. The first-order valence-corrected chi connectivity index (χ1v) is 6.81. The molecule has 2 aliphatic rings. The summed E-state index contributed by atoms with van der Waals surface area (Å²) in [7, 11) is 0. The quantitative estimate of drug-likeness (QED) is 0.776. The zero-order valence-electron chi connectivity index (χ0n) is 10.5. The summed E-state index contributed by atoms with van der Waals surface area (Å²) in [5.41, 5.74) is 0. The molecule has 2 saturated heterocycles. The van der Waals surface area contributed by atoms with E-state index in [-0.39, 0.29) is 6.10 Å². The number of anilines is 1. The van der Waals surface area contributed by atoms with Crippen LogP contribution >= 0.6 is 11.6 Å². The minimum Gasteiger partial charge on any atom is -0.472 e. The molecule has 3 heterocycles. The maximum atomic E-state index is 6.03. The van der Waals surface area contributed by atoms with Crippen LogP contribution in [0.25, 0.3) is 0 Å². The minimum absolute atomic E-state index is 0.0588. The molecule has 0 saturated carbocycles. The molecule has 1 aromatic heterocycles. The van der Waals surface area contributed by atoms with E-state index in [9.17, 15) is 0 Å². The molecular formula is C12H16ClN3O3. The van der Waals surface area contributed by atoms with Gasteiger partial charge in [0.05, 0.1) is 26.4 Å². The molecule has 0 unspecified atom stereocenters. The smallest absolute Gasteiger partial charge is 0.230 e. The van der Waals surface area contributed by atoms with Crippen molar-refractivity contribution >= 4 is 17.5 Å². The number of halogens is 1. The maximum Gasteiger partial charge on any atom is 0.230 e. The van der Waals surface area contributed by atoms with Crippen LogP contribution in [0.4, 0.5) is 5.95 Å². The monoisotopic (exact) mass is 285 g/mol. The van der Waals surface area contributed by atoms with E-state index in [2.05, 4.69) is 9.97 Å². The zero-order valence-corrected chi connectivity index (χ0v) is 11.3. The number of rotatable bonds is 3. The van der Waals surface area contributed by atoms with E-state index in [1.807, 2.05) is 4.90 Å². The lowest BCUT2D eigenvalue weighted by molar-refractivity contribution is 0.121. The van der Waals surface area contributed by atoms with Crippen LogP contribution in [0.5, 0.6) is 5.88 Å². The molecule has 0 radical (unpaired) electrons. The van der Waals surface area contributed by atoms with Crippen molar-refractivity contribution in [2.45, 2.75) is 12.5 Å².